The van der Waals surface area contributed by atoms with E-state index in [1.807, 2.05) is 35.0 Å². The first-order valence-electron chi connectivity index (χ1n) is 7.67. The van der Waals surface area contributed by atoms with Crippen LogP contribution in [0.3, 0.4) is 0 Å². The molecule has 2 heterocycles. The highest BCUT2D eigenvalue weighted by Crippen LogP contribution is 2.22. The van der Waals surface area contributed by atoms with Crippen molar-refractivity contribution in [2.24, 2.45) is 0 Å². The van der Waals surface area contributed by atoms with Crippen molar-refractivity contribution in [3.05, 3.63) is 76.7 Å². The minimum Gasteiger partial charge on any atom is -0.497 e. The molecular formula is C18H18N2O3S2. The van der Waals surface area contributed by atoms with E-state index in [1.54, 1.807) is 36.8 Å². The Hall–Kier alpha value is -2.22. The molecule has 0 aliphatic carbocycles. The Kier molecular flexibility index (Phi) is 5.47. The molecule has 3 aromatic rings. The van der Waals surface area contributed by atoms with Gasteiger partial charge in [-0.2, -0.15) is 11.3 Å². The van der Waals surface area contributed by atoms with Gasteiger partial charge in [0.25, 0.3) is 0 Å². The highest BCUT2D eigenvalue weighted by Gasteiger charge is 2.23. The quantitative estimate of drug-likeness (QED) is 0.688. The van der Waals surface area contributed by atoms with Gasteiger partial charge in [0, 0.05) is 6.20 Å². The lowest BCUT2D eigenvalue weighted by molar-refractivity contribution is 0.414. The molecule has 0 spiro atoms. The molecule has 0 fully saturated rings. The van der Waals surface area contributed by atoms with Gasteiger partial charge in [-0.15, -0.1) is 0 Å². The second-order valence-electron chi connectivity index (χ2n) is 5.44. The number of benzene rings is 1. The van der Waals surface area contributed by atoms with Gasteiger partial charge in [-0.05, 0) is 65.2 Å². The molecular weight excluding hydrogens is 356 g/mol. The van der Waals surface area contributed by atoms with E-state index in [1.165, 1.54) is 12.1 Å². The van der Waals surface area contributed by atoms with Gasteiger partial charge >= 0.3 is 0 Å². The van der Waals surface area contributed by atoms with Crippen LogP contribution in [0.5, 0.6) is 5.75 Å². The number of hydrogen-bond donors (Lipinski definition) is 1. The predicted molar refractivity (Wildman–Crippen MR) is 98.3 cm³/mol. The van der Waals surface area contributed by atoms with Crippen LogP contribution in [0.4, 0.5) is 0 Å². The zero-order valence-electron chi connectivity index (χ0n) is 13.6. The number of hydrogen-bond acceptors (Lipinski definition) is 5. The van der Waals surface area contributed by atoms with E-state index in [0.717, 1.165) is 5.56 Å². The van der Waals surface area contributed by atoms with Gasteiger partial charge in [0.15, 0.2) is 0 Å². The lowest BCUT2D eigenvalue weighted by Gasteiger charge is -2.18. The maximum absolute atomic E-state index is 12.8. The van der Waals surface area contributed by atoms with Gasteiger partial charge in [0.1, 0.15) is 5.75 Å². The summed E-state index contributed by atoms with van der Waals surface area (Å²) in [4.78, 5) is 4.52. The fraction of sp³-hybridized carbons (Fsp3) is 0.167. The summed E-state index contributed by atoms with van der Waals surface area (Å²) in [6, 6.07) is 13.3. The number of pyridine rings is 1. The number of ether oxygens (including phenoxy) is 1. The van der Waals surface area contributed by atoms with Crippen LogP contribution in [0.25, 0.3) is 0 Å². The molecule has 1 atom stereocenters. The van der Waals surface area contributed by atoms with Crippen molar-refractivity contribution in [1.29, 1.82) is 0 Å². The zero-order chi connectivity index (χ0) is 17.7. The standard InChI is InChI=1S/C18H18N2O3S2/c1-23-15-5-7-16(8-6-15)25(21,22)20-18(12-14-9-11-24-13-14)17-4-2-3-10-19-17/h2-11,13,18,20H,12H2,1H3/t18-/m1/s1. The molecule has 25 heavy (non-hydrogen) atoms. The third-order valence-corrected chi connectivity index (χ3v) is 5.95. The molecule has 5 nitrogen and oxygen atoms in total. The number of thiophene rings is 1. The Morgan fingerprint density at radius 2 is 1.96 bits per heavy atom. The summed E-state index contributed by atoms with van der Waals surface area (Å²) in [5, 5.41) is 3.99. The van der Waals surface area contributed by atoms with Crippen molar-refractivity contribution >= 4 is 21.4 Å². The average Bonchev–Trinajstić information content (AvgIpc) is 3.15. The first-order chi connectivity index (χ1) is 12.1. The molecule has 1 N–H and O–H groups in total. The van der Waals surface area contributed by atoms with E-state index < -0.39 is 16.1 Å². The molecule has 0 saturated heterocycles. The van der Waals surface area contributed by atoms with Crippen LogP contribution in [0, 0.1) is 0 Å². The number of methoxy groups -OCH3 is 1. The van der Waals surface area contributed by atoms with Crippen LogP contribution in [0.15, 0.2) is 70.4 Å². The fourth-order valence-corrected chi connectivity index (χ4v) is 4.33. The Labute approximate surface area is 151 Å². The zero-order valence-corrected chi connectivity index (χ0v) is 15.3. The SMILES string of the molecule is COc1ccc(S(=O)(=O)N[C@H](Cc2ccsc2)c2ccccn2)cc1. The van der Waals surface area contributed by atoms with Crippen LogP contribution in [0.1, 0.15) is 17.3 Å². The third-order valence-electron chi connectivity index (χ3n) is 3.73. The number of aromatic nitrogens is 1. The van der Waals surface area contributed by atoms with Gasteiger partial charge in [0.05, 0.1) is 23.7 Å². The normalized spacial score (nSPS) is 12.7. The van der Waals surface area contributed by atoms with E-state index >= 15 is 0 Å². The van der Waals surface area contributed by atoms with Crippen molar-refractivity contribution in [1.82, 2.24) is 9.71 Å². The predicted octanol–water partition coefficient (Wildman–Crippen LogP) is 3.41. The van der Waals surface area contributed by atoms with Crippen LogP contribution < -0.4 is 9.46 Å². The van der Waals surface area contributed by atoms with Crippen LogP contribution >= 0.6 is 11.3 Å². The first-order valence-corrected chi connectivity index (χ1v) is 10.1. The maximum atomic E-state index is 12.8. The summed E-state index contributed by atoms with van der Waals surface area (Å²) in [5.41, 5.74) is 1.75. The molecule has 0 saturated carbocycles. The Morgan fingerprint density at radius 3 is 2.56 bits per heavy atom. The van der Waals surface area contributed by atoms with Crippen LogP contribution in [-0.4, -0.2) is 20.5 Å². The Morgan fingerprint density at radius 1 is 1.16 bits per heavy atom. The van der Waals surface area contributed by atoms with Crippen molar-refractivity contribution in [3.8, 4) is 5.75 Å². The molecule has 0 radical (unpaired) electrons. The summed E-state index contributed by atoms with van der Waals surface area (Å²) in [6.07, 6.45) is 2.20. The molecule has 7 heteroatoms. The summed E-state index contributed by atoms with van der Waals surface area (Å²) in [5.74, 6) is 0.610. The van der Waals surface area contributed by atoms with Gasteiger partial charge in [0.2, 0.25) is 10.0 Å². The Balaban J connectivity index is 1.87. The largest absolute Gasteiger partial charge is 0.497 e. The third kappa shape index (κ3) is 4.45. The summed E-state index contributed by atoms with van der Waals surface area (Å²) in [6.45, 7) is 0. The molecule has 0 aliphatic rings. The molecule has 0 bridgehead atoms. The second-order valence-corrected chi connectivity index (χ2v) is 7.93. The van der Waals surface area contributed by atoms with Gasteiger partial charge in [-0.3, -0.25) is 4.98 Å². The summed E-state index contributed by atoms with van der Waals surface area (Å²) in [7, 11) is -2.14. The average molecular weight is 374 g/mol. The molecule has 0 aliphatic heterocycles. The smallest absolute Gasteiger partial charge is 0.241 e. The molecule has 3 rings (SSSR count). The van der Waals surface area contributed by atoms with Crippen LogP contribution in [0.2, 0.25) is 0 Å². The molecule has 2 aromatic heterocycles. The monoisotopic (exact) mass is 374 g/mol. The van der Waals surface area contributed by atoms with E-state index in [2.05, 4.69) is 9.71 Å². The molecule has 1 aromatic carbocycles. The first kappa shape index (κ1) is 17.6. The molecule has 0 amide bonds. The van der Waals surface area contributed by atoms with Gasteiger partial charge in [-0.1, -0.05) is 6.07 Å². The van der Waals surface area contributed by atoms with Crippen LogP contribution in [-0.2, 0) is 16.4 Å². The minimum atomic E-state index is -3.68. The number of sulfonamides is 1. The molecule has 130 valence electrons. The minimum absolute atomic E-state index is 0.194. The van der Waals surface area contributed by atoms with Crippen molar-refractivity contribution < 1.29 is 13.2 Å². The highest BCUT2D eigenvalue weighted by molar-refractivity contribution is 7.89. The lowest BCUT2D eigenvalue weighted by Crippen LogP contribution is -2.30. The van der Waals surface area contributed by atoms with E-state index in [-0.39, 0.29) is 4.90 Å². The van der Waals surface area contributed by atoms with E-state index in [9.17, 15) is 8.42 Å². The summed E-state index contributed by atoms with van der Waals surface area (Å²) < 4.78 is 33.4. The highest BCUT2D eigenvalue weighted by atomic mass is 32.2. The van der Waals surface area contributed by atoms with Gasteiger partial charge in [-0.25, -0.2) is 13.1 Å². The maximum Gasteiger partial charge on any atom is 0.241 e. The molecule has 0 unspecified atom stereocenters. The van der Waals surface area contributed by atoms with Gasteiger partial charge < -0.3 is 4.74 Å². The van der Waals surface area contributed by atoms with Crippen molar-refractivity contribution in [3.63, 3.8) is 0 Å². The van der Waals surface area contributed by atoms with Crippen molar-refractivity contribution in [2.75, 3.05) is 7.11 Å². The van der Waals surface area contributed by atoms with E-state index in [0.29, 0.717) is 17.9 Å². The number of nitrogens with zero attached hydrogens (tertiary/aromatic N) is 1. The Bertz CT molecular complexity index is 893. The number of nitrogens with one attached hydrogen (secondary N) is 1. The summed E-state index contributed by atoms with van der Waals surface area (Å²) >= 11 is 1.58. The van der Waals surface area contributed by atoms with E-state index in [4.69, 9.17) is 4.74 Å². The lowest BCUT2D eigenvalue weighted by atomic mass is 10.1. The topological polar surface area (TPSA) is 68.3 Å². The second kappa shape index (κ2) is 7.77. The van der Waals surface area contributed by atoms with Crippen molar-refractivity contribution in [2.45, 2.75) is 17.4 Å². The number of rotatable bonds is 7. The fourth-order valence-electron chi connectivity index (χ4n) is 2.44.